The number of nitrogens with zero attached hydrogens (tertiary/aromatic N) is 2. The molecule has 0 amide bonds. The Morgan fingerprint density at radius 1 is 1.33 bits per heavy atom. The van der Waals surface area contributed by atoms with Crippen LogP contribution >= 0.6 is 11.6 Å². The molecule has 130 valence electrons. The van der Waals surface area contributed by atoms with Gasteiger partial charge >= 0.3 is 0 Å². The summed E-state index contributed by atoms with van der Waals surface area (Å²) in [5.41, 5.74) is 1.76. The van der Waals surface area contributed by atoms with Crippen LogP contribution in [0.25, 0.3) is 0 Å². The fraction of sp³-hybridized carbons (Fsp3) is 0.412. The predicted molar refractivity (Wildman–Crippen MR) is 93.7 cm³/mol. The van der Waals surface area contributed by atoms with Crippen LogP contribution in [0.15, 0.2) is 33.8 Å². The number of rotatable bonds is 6. The second kappa shape index (κ2) is 8.68. The van der Waals surface area contributed by atoms with Gasteiger partial charge in [-0.15, -0.1) is 0 Å². The van der Waals surface area contributed by atoms with E-state index in [1.54, 1.807) is 12.1 Å². The number of hydrogen-bond acceptors (Lipinski definition) is 3. The highest BCUT2D eigenvalue weighted by Gasteiger charge is 2.08. The molecule has 0 aliphatic heterocycles. The highest BCUT2D eigenvalue weighted by Crippen LogP contribution is 2.16. The third-order valence-electron chi connectivity index (χ3n) is 3.35. The summed E-state index contributed by atoms with van der Waals surface area (Å²) < 4.78 is 18.5. The zero-order valence-corrected chi connectivity index (χ0v) is 14.8. The van der Waals surface area contributed by atoms with Crippen molar-refractivity contribution in [3.8, 4) is 0 Å². The first kappa shape index (κ1) is 18.3. The molecule has 0 saturated heterocycles. The lowest BCUT2D eigenvalue weighted by molar-refractivity contribution is 0.372. The van der Waals surface area contributed by atoms with Crippen molar-refractivity contribution in [3.05, 3.63) is 52.1 Å². The smallest absolute Gasteiger partial charge is 0.191 e. The minimum absolute atomic E-state index is 0.100. The van der Waals surface area contributed by atoms with Crippen LogP contribution in [0.5, 0.6) is 0 Å². The zero-order valence-electron chi connectivity index (χ0n) is 14.1. The van der Waals surface area contributed by atoms with Crippen molar-refractivity contribution in [1.29, 1.82) is 0 Å². The second-order valence-corrected chi connectivity index (χ2v) is 6.08. The van der Waals surface area contributed by atoms with Crippen LogP contribution in [0.3, 0.4) is 0 Å². The Kier molecular flexibility index (Phi) is 6.61. The van der Waals surface area contributed by atoms with Crippen LogP contribution in [0.2, 0.25) is 5.02 Å². The zero-order chi connectivity index (χ0) is 17.5. The summed E-state index contributed by atoms with van der Waals surface area (Å²) in [5.74, 6) is 1.28. The molecule has 7 heteroatoms. The van der Waals surface area contributed by atoms with Crippen molar-refractivity contribution >= 4 is 17.6 Å². The minimum Gasteiger partial charge on any atom is -0.359 e. The van der Waals surface area contributed by atoms with Gasteiger partial charge in [-0.2, -0.15) is 0 Å². The van der Waals surface area contributed by atoms with Crippen LogP contribution in [-0.4, -0.2) is 17.7 Å². The maximum atomic E-state index is 13.2. The normalized spacial score (nSPS) is 11.8. The summed E-state index contributed by atoms with van der Waals surface area (Å²) in [6.45, 7) is 7.71. The third kappa shape index (κ3) is 5.23. The molecule has 0 bridgehead atoms. The van der Waals surface area contributed by atoms with Crippen LogP contribution in [0.4, 0.5) is 4.39 Å². The topological polar surface area (TPSA) is 62.5 Å². The van der Waals surface area contributed by atoms with Gasteiger partial charge in [-0.1, -0.05) is 36.7 Å². The molecule has 1 aromatic carbocycles. The largest absolute Gasteiger partial charge is 0.359 e. The Hall–Kier alpha value is -2.08. The molecule has 2 N–H and O–H groups in total. The van der Waals surface area contributed by atoms with Crippen molar-refractivity contribution in [3.63, 3.8) is 0 Å². The molecule has 0 atom stereocenters. The molecule has 24 heavy (non-hydrogen) atoms. The van der Waals surface area contributed by atoms with E-state index < -0.39 is 5.82 Å². The van der Waals surface area contributed by atoms with Gasteiger partial charge in [0, 0.05) is 12.6 Å². The van der Waals surface area contributed by atoms with Gasteiger partial charge in [0.2, 0.25) is 0 Å². The van der Waals surface area contributed by atoms with Crippen molar-refractivity contribution in [2.45, 2.75) is 39.8 Å². The second-order valence-electron chi connectivity index (χ2n) is 5.67. The third-order valence-corrected chi connectivity index (χ3v) is 3.64. The van der Waals surface area contributed by atoms with Gasteiger partial charge in [0.1, 0.15) is 5.82 Å². The molecule has 0 spiro atoms. The minimum atomic E-state index is -0.430. The molecule has 0 aliphatic carbocycles. The van der Waals surface area contributed by atoms with Crippen molar-refractivity contribution in [2.75, 3.05) is 6.54 Å². The van der Waals surface area contributed by atoms with Crippen molar-refractivity contribution < 1.29 is 8.91 Å². The first-order valence-corrected chi connectivity index (χ1v) is 8.29. The van der Waals surface area contributed by atoms with Crippen LogP contribution in [0, 0.1) is 5.82 Å². The average molecular weight is 353 g/mol. The molecule has 2 rings (SSSR count). The van der Waals surface area contributed by atoms with Crippen molar-refractivity contribution in [2.24, 2.45) is 4.99 Å². The Morgan fingerprint density at radius 2 is 2.12 bits per heavy atom. The van der Waals surface area contributed by atoms with Gasteiger partial charge < -0.3 is 15.2 Å². The number of benzene rings is 1. The van der Waals surface area contributed by atoms with Crippen LogP contribution in [-0.2, 0) is 13.1 Å². The number of halogens is 2. The fourth-order valence-electron chi connectivity index (χ4n) is 2.01. The van der Waals surface area contributed by atoms with E-state index in [1.165, 1.54) is 6.07 Å². The highest BCUT2D eigenvalue weighted by molar-refractivity contribution is 6.30. The summed E-state index contributed by atoms with van der Waals surface area (Å²) >= 11 is 5.79. The monoisotopic (exact) mass is 352 g/mol. The fourth-order valence-corrected chi connectivity index (χ4v) is 2.21. The van der Waals surface area contributed by atoms with Crippen molar-refractivity contribution in [1.82, 2.24) is 15.8 Å². The summed E-state index contributed by atoms with van der Waals surface area (Å²) in [6.07, 6.45) is 0. The van der Waals surface area contributed by atoms with E-state index in [4.69, 9.17) is 16.1 Å². The lowest BCUT2D eigenvalue weighted by atomic mass is 10.1. The van der Waals surface area contributed by atoms with E-state index in [0.717, 1.165) is 23.6 Å². The van der Waals surface area contributed by atoms with E-state index >= 15 is 0 Å². The Balaban J connectivity index is 1.98. The summed E-state index contributed by atoms with van der Waals surface area (Å²) in [4.78, 5) is 4.46. The van der Waals surface area contributed by atoms with E-state index in [1.807, 2.05) is 13.0 Å². The average Bonchev–Trinajstić information content (AvgIpc) is 3.02. The maximum Gasteiger partial charge on any atom is 0.191 e. The molecule has 1 aromatic heterocycles. The number of guanidine groups is 1. The molecule has 5 nitrogen and oxygen atoms in total. The van der Waals surface area contributed by atoms with Crippen LogP contribution < -0.4 is 10.6 Å². The molecule has 0 radical (unpaired) electrons. The Bertz CT molecular complexity index is 700. The SMILES string of the molecule is CCNC(=NCc1ccc(F)c(Cl)c1)NCc1cc(C(C)C)no1. The van der Waals surface area contributed by atoms with Crippen LogP contribution in [0.1, 0.15) is 43.7 Å². The first-order valence-electron chi connectivity index (χ1n) is 7.91. The maximum absolute atomic E-state index is 13.2. The number of aromatic nitrogens is 1. The Labute approximate surface area is 146 Å². The standard InChI is InChI=1S/C17H22ClFN4O/c1-4-20-17(21-9-12-5-6-15(19)14(18)7-12)22-10-13-8-16(11(2)3)23-24-13/h5-8,11H,4,9-10H2,1-3H3,(H2,20,21,22). The molecule has 0 aliphatic rings. The van der Waals surface area contributed by atoms with E-state index in [9.17, 15) is 4.39 Å². The predicted octanol–water partition coefficient (Wildman–Crippen LogP) is 3.85. The number of nitrogens with one attached hydrogen (secondary N) is 2. The van der Waals surface area contributed by atoms with E-state index in [2.05, 4.69) is 34.6 Å². The van der Waals surface area contributed by atoms with Gasteiger partial charge in [0.05, 0.1) is 23.8 Å². The molecular formula is C17H22ClFN4O. The molecule has 1 heterocycles. The molecule has 0 fully saturated rings. The van der Waals surface area contributed by atoms with Gasteiger partial charge in [0.25, 0.3) is 0 Å². The summed E-state index contributed by atoms with van der Waals surface area (Å²) in [6, 6.07) is 6.52. The molecular weight excluding hydrogens is 331 g/mol. The van der Waals surface area contributed by atoms with Gasteiger partial charge in [0.15, 0.2) is 11.7 Å². The molecule has 0 unspecified atom stereocenters. The van der Waals surface area contributed by atoms with E-state index in [-0.39, 0.29) is 5.02 Å². The van der Waals surface area contributed by atoms with Gasteiger partial charge in [-0.3, -0.25) is 0 Å². The number of hydrogen-bond donors (Lipinski definition) is 2. The highest BCUT2D eigenvalue weighted by atomic mass is 35.5. The van der Waals surface area contributed by atoms with E-state index in [0.29, 0.717) is 25.0 Å². The summed E-state index contributed by atoms with van der Waals surface area (Å²) in [7, 11) is 0. The lowest BCUT2D eigenvalue weighted by Crippen LogP contribution is -2.36. The molecule has 2 aromatic rings. The van der Waals surface area contributed by atoms with Gasteiger partial charge in [-0.05, 0) is 30.5 Å². The quantitative estimate of drug-likeness (QED) is 0.612. The summed E-state index contributed by atoms with van der Waals surface area (Å²) in [5, 5.41) is 10.5. The lowest BCUT2D eigenvalue weighted by Gasteiger charge is -2.10. The molecule has 0 saturated carbocycles. The van der Waals surface area contributed by atoms with Gasteiger partial charge in [-0.25, -0.2) is 9.38 Å². The Morgan fingerprint density at radius 3 is 2.75 bits per heavy atom. The number of aliphatic imine (C=N–C) groups is 1. The first-order chi connectivity index (χ1) is 11.5.